The summed E-state index contributed by atoms with van der Waals surface area (Å²) in [4.78, 5) is 31.6. The molecule has 0 bridgehead atoms. The van der Waals surface area contributed by atoms with Gasteiger partial charge in [0, 0.05) is 43.8 Å². The Morgan fingerprint density at radius 3 is 2.39 bits per heavy atom. The summed E-state index contributed by atoms with van der Waals surface area (Å²) in [5.74, 6) is 1.06. The second kappa shape index (κ2) is 8.82. The third-order valence-electron chi connectivity index (χ3n) is 6.06. The number of fused-ring (bicyclic) bond motifs is 1. The number of aryl methyl sites for hydroxylation is 1. The van der Waals surface area contributed by atoms with Crippen molar-refractivity contribution in [3.05, 3.63) is 53.2 Å². The zero-order chi connectivity index (χ0) is 23.8. The normalized spacial score (nSPS) is 15.0. The van der Waals surface area contributed by atoms with Crippen molar-refractivity contribution in [1.29, 1.82) is 0 Å². The second-order valence-corrected chi connectivity index (χ2v) is 9.02. The number of aromatic nitrogens is 3. The van der Waals surface area contributed by atoms with Crippen LogP contribution in [0.25, 0.3) is 5.65 Å². The highest BCUT2D eigenvalue weighted by atomic mass is 16.3. The first-order chi connectivity index (χ1) is 15.7. The molecule has 1 aromatic carbocycles. The zero-order valence-corrected chi connectivity index (χ0v) is 19.4. The van der Waals surface area contributed by atoms with E-state index in [-0.39, 0.29) is 17.7 Å². The van der Waals surface area contributed by atoms with E-state index in [0.717, 1.165) is 29.9 Å². The van der Waals surface area contributed by atoms with Crippen LogP contribution in [0.2, 0.25) is 0 Å². The summed E-state index contributed by atoms with van der Waals surface area (Å²) in [5.41, 5.74) is 1.71. The number of piperidine rings is 1. The molecule has 2 amide bonds. The minimum atomic E-state index is -0.971. The highest BCUT2D eigenvalue weighted by Crippen LogP contribution is 2.27. The highest BCUT2D eigenvalue weighted by Gasteiger charge is 2.26. The van der Waals surface area contributed by atoms with Gasteiger partial charge in [0.2, 0.25) is 5.91 Å². The molecule has 3 N–H and O–H groups in total. The molecule has 1 aliphatic rings. The first kappa shape index (κ1) is 22.7. The van der Waals surface area contributed by atoms with Gasteiger partial charge in [-0.25, -0.2) is 4.98 Å². The lowest BCUT2D eigenvalue weighted by atomic mass is 9.96. The Hall–Kier alpha value is -3.46. The summed E-state index contributed by atoms with van der Waals surface area (Å²) in [6.45, 7) is 6.73. The molecule has 174 valence electrons. The molecule has 0 unspecified atom stereocenters. The van der Waals surface area contributed by atoms with Gasteiger partial charge in [0.05, 0.1) is 11.3 Å². The Labute approximate surface area is 192 Å². The molecule has 0 spiro atoms. The van der Waals surface area contributed by atoms with Crippen molar-refractivity contribution in [3.63, 3.8) is 0 Å². The van der Waals surface area contributed by atoms with E-state index < -0.39 is 5.60 Å². The molecule has 9 nitrogen and oxygen atoms in total. The van der Waals surface area contributed by atoms with Crippen LogP contribution in [0.15, 0.2) is 36.4 Å². The van der Waals surface area contributed by atoms with Gasteiger partial charge < -0.3 is 20.6 Å². The van der Waals surface area contributed by atoms with Crippen LogP contribution in [-0.2, 0) is 10.4 Å². The number of hydrogen-bond donors (Lipinski definition) is 3. The monoisotopic (exact) mass is 450 g/mol. The third-order valence-corrected chi connectivity index (χ3v) is 6.06. The van der Waals surface area contributed by atoms with Crippen molar-refractivity contribution in [2.75, 3.05) is 30.4 Å². The van der Waals surface area contributed by atoms with Crippen LogP contribution in [-0.4, -0.2) is 51.7 Å². The van der Waals surface area contributed by atoms with Crippen molar-refractivity contribution >= 4 is 29.1 Å². The quantitative estimate of drug-likeness (QED) is 0.551. The van der Waals surface area contributed by atoms with E-state index in [1.165, 1.54) is 0 Å². The van der Waals surface area contributed by atoms with E-state index in [9.17, 15) is 14.7 Å². The van der Waals surface area contributed by atoms with Crippen LogP contribution in [0.3, 0.4) is 0 Å². The topological polar surface area (TPSA) is 112 Å². The van der Waals surface area contributed by atoms with Gasteiger partial charge >= 0.3 is 0 Å². The largest absolute Gasteiger partial charge is 0.386 e. The van der Waals surface area contributed by atoms with Gasteiger partial charge in [-0.3, -0.25) is 9.59 Å². The smallest absolute Gasteiger partial charge is 0.256 e. The van der Waals surface area contributed by atoms with Crippen molar-refractivity contribution in [3.8, 4) is 0 Å². The minimum Gasteiger partial charge on any atom is -0.386 e. The molecule has 0 atom stereocenters. The van der Waals surface area contributed by atoms with E-state index in [1.807, 2.05) is 19.1 Å². The maximum absolute atomic E-state index is 12.9. The van der Waals surface area contributed by atoms with E-state index in [4.69, 9.17) is 0 Å². The molecule has 4 rings (SSSR count). The zero-order valence-electron chi connectivity index (χ0n) is 19.4. The number of carbonyl (C=O) groups excluding carboxylic acids is 2. The van der Waals surface area contributed by atoms with Crippen LogP contribution in [0, 0.1) is 12.8 Å². The van der Waals surface area contributed by atoms with Crippen molar-refractivity contribution in [2.24, 2.45) is 5.92 Å². The molecule has 2 aromatic heterocycles. The first-order valence-corrected chi connectivity index (χ1v) is 11.1. The van der Waals surface area contributed by atoms with Crippen LogP contribution in [0.4, 0.5) is 11.6 Å². The fourth-order valence-electron chi connectivity index (χ4n) is 4.16. The second-order valence-electron chi connectivity index (χ2n) is 9.02. The van der Waals surface area contributed by atoms with Gasteiger partial charge in [-0.2, -0.15) is 9.61 Å². The average molecular weight is 451 g/mol. The number of aliphatic hydroxyl groups is 1. The molecule has 9 heteroatoms. The maximum Gasteiger partial charge on any atom is 0.256 e. The number of benzene rings is 1. The lowest BCUT2D eigenvalue weighted by Crippen LogP contribution is -2.40. The Morgan fingerprint density at radius 2 is 1.79 bits per heavy atom. The molecule has 1 saturated heterocycles. The Kier molecular flexibility index (Phi) is 6.07. The number of carbonyl (C=O) groups is 2. The lowest BCUT2D eigenvalue weighted by Gasteiger charge is -2.32. The average Bonchev–Trinajstić information content (AvgIpc) is 3.17. The first-order valence-electron chi connectivity index (χ1n) is 11.1. The van der Waals surface area contributed by atoms with Crippen LogP contribution in [0.1, 0.15) is 48.3 Å². The van der Waals surface area contributed by atoms with Crippen LogP contribution >= 0.6 is 0 Å². The summed E-state index contributed by atoms with van der Waals surface area (Å²) in [6.07, 6.45) is 1.50. The molecule has 0 radical (unpaired) electrons. The van der Waals surface area contributed by atoms with Crippen LogP contribution < -0.4 is 15.5 Å². The summed E-state index contributed by atoms with van der Waals surface area (Å²) in [6, 6.07) is 10.6. The Balaban J connectivity index is 1.58. The fraction of sp³-hybridized carbons (Fsp3) is 0.417. The number of anilines is 2. The van der Waals surface area contributed by atoms with E-state index in [1.54, 1.807) is 49.7 Å². The lowest BCUT2D eigenvalue weighted by molar-refractivity contribution is -0.125. The minimum absolute atomic E-state index is 0.00831. The molecule has 3 heterocycles. The molecule has 1 fully saturated rings. The van der Waals surface area contributed by atoms with Gasteiger partial charge in [-0.1, -0.05) is 12.1 Å². The summed E-state index contributed by atoms with van der Waals surface area (Å²) < 4.78 is 1.78. The van der Waals surface area contributed by atoms with Gasteiger partial charge in [-0.05, 0) is 51.3 Å². The number of nitrogens with zero attached hydrogens (tertiary/aromatic N) is 4. The van der Waals surface area contributed by atoms with E-state index in [0.29, 0.717) is 30.1 Å². The van der Waals surface area contributed by atoms with Gasteiger partial charge in [0.25, 0.3) is 5.91 Å². The van der Waals surface area contributed by atoms with Gasteiger partial charge in [0.1, 0.15) is 11.6 Å². The number of hydrogen-bond acceptors (Lipinski definition) is 6. The molecule has 3 aromatic rings. The van der Waals surface area contributed by atoms with Gasteiger partial charge in [0.15, 0.2) is 5.65 Å². The molecular weight excluding hydrogens is 420 g/mol. The Bertz CT molecular complexity index is 1170. The maximum atomic E-state index is 12.9. The SMILES string of the molecule is CNC(=O)C1CCN(c2cc(NC(=O)c3ccc(C(C)(C)O)cc3)nc3cc(C)nn23)CC1. The fourth-order valence-corrected chi connectivity index (χ4v) is 4.16. The van der Waals surface area contributed by atoms with Crippen LogP contribution in [0.5, 0.6) is 0 Å². The summed E-state index contributed by atoms with van der Waals surface area (Å²) in [7, 11) is 1.67. The molecule has 0 saturated carbocycles. The predicted octanol–water partition coefficient (Wildman–Crippen LogP) is 2.48. The molecule has 33 heavy (non-hydrogen) atoms. The van der Waals surface area contributed by atoms with Crippen molar-refractivity contribution < 1.29 is 14.7 Å². The molecular formula is C24H30N6O3. The van der Waals surface area contributed by atoms with Crippen molar-refractivity contribution in [2.45, 2.75) is 39.2 Å². The summed E-state index contributed by atoms with van der Waals surface area (Å²) in [5, 5.41) is 20.3. The standard InChI is InChI=1S/C24H30N6O3/c1-15-13-20-26-19(27-23(32)16-5-7-18(8-6-16)24(2,3)33)14-21(30(20)28-15)29-11-9-17(10-12-29)22(31)25-4/h5-8,13-14,17,33H,9-12H2,1-4H3,(H,25,31)(H,26,27,32). The number of rotatable bonds is 5. The van der Waals surface area contributed by atoms with E-state index in [2.05, 4.69) is 25.6 Å². The van der Waals surface area contributed by atoms with E-state index >= 15 is 0 Å². The highest BCUT2D eigenvalue weighted by molar-refractivity contribution is 6.04. The van der Waals surface area contributed by atoms with Crippen molar-refractivity contribution in [1.82, 2.24) is 19.9 Å². The Morgan fingerprint density at radius 1 is 1.12 bits per heavy atom. The molecule has 0 aliphatic carbocycles. The number of amides is 2. The van der Waals surface area contributed by atoms with Gasteiger partial charge in [-0.15, -0.1) is 0 Å². The predicted molar refractivity (Wildman–Crippen MR) is 126 cm³/mol. The number of nitrogens with one attached hydrogen (secondary N) is 2. The summed E-state index contributed by atoms with van der Waals surface area (Å²) >= 11 is 0. The third kappa shape index (κ3) is 4.83. The molecule has 1 aliphatic heterocycles.